The van der Waals surface area contributed by atoms with E-state index in [1.165, 1.54) is 12.1 Å². The fourth-order valence-corrected chi connectivity index (χ4v) is 3.80. The zero-order chi connectivity index (χ0) is 20.9. The lowest BCUT2D eigenvalue weighted by Crippen LogP contribution is -1.86. The van der Waals surface area contributed by atoms with E-state index in [0.717, 1.165) is 44.4 Å². The summed E-state index contributed by atoms with van der Waals surface area (Å²) in [7, 11) is 0. The monoisotopic (exact) mass is 410 g/mol. The van der Waals surface area contributed by atoms with Gasteiger partial charge in [-0.3, -0.25) is 15.2 Å². The summed E-state index contributed by atoms with van der Waals surface area (Å²) >= 11 is 0. The van der Waals surface area contributed by atoms with Crippen molar-refractivity contribution in [1.82, 2.24) is 40.3 Å². The van der Waals surface area contributed by atoms with Gasteiger partial charge >= 0.3 is 0 Å². The van der Waals surface area contributed by atoms with Gasteiger partial charge in [0.05, 0.1) is 29.1 Å². The summed E-state index contributed by atoms with van der Waals surface area (Å²) in [5, 5.41) is 15.1. The van der Waals surface area contributed by atoms with Crippen molar-refractivity contribution in [1.29, 1.82) is 0 Å². The van der Waals surface area contributed by atoms with Crippen molar-refractivity contribution >= 4 is 22.1 Å². The van der Waals surface area contributed by atoms with Crippen LogP contribution >= 0.6 is 0 Å². The standard InChI is InChI=1S/C22H15FN8/c1-11-4-12(6-14(23)5-11)15-2-3-24-21-19(15)28-22(29-21)20-16-7-17(13-8-26-27-9-13)25-10-18(16)30-31-20/h2-10H,1H3,(H,26,27)(H,30,31)(H,24,28,29). The first-order valence-electron chi connectivity index (χ1n) is 9.61. The van der Waals surface area contributed by atoms with Crippen molar-refractivity contribution in [2.75, 3.05) is 0 Å². The molecule has 0 aliphatic rings. The van der Waals surface area contributed by atoms with Crippen LogP contribution in [-0.2, 0) is 0 Å². The third-order valence-electron chi connectivity index (χ3n) is 5.21. The van der Waals surface area contributed by atoms with Crippen LogP contribution in [0.5, 0.6) is 0 Å². The van der Waals surface area contributed by atoms with E-state index in [0.29, 0.717) is 17.2 Å². The Hall–Kier alpha value is -4.40. The molecule has 0 bridgehead atoms. The number of imidazole rings is 1. The van der Waals surface area contributed by atoms with E-state index in [1.807, 2.05) is 25.1 Å². The van der Waals surface area contributed by atoms with Crippen LogP contribution in [0.3, 0.4) is 0 Å². The maximum atomic E-state index is 14.0. The molecule has 1 aromatic carbocycles. The second-order valence-corrected chi connectivity index (χ2v) is 7.33. The molecule has 0 unspecified atom stereocenters. The Bertz CT molecular complexity index is 1540. The average Bonchev–Trinajstić information content (AvgIpc) is 3.50. The number of pyridine rings is 2. The lowest BCUT2D eigenvalue weighted by atomic mass is 10.0. The zero-order valence-corrected chi connectivity index (χ0v) is 16.3. The number of nitrogens with one attached hydrogen (secondary N) is 3. The van der Waals surface area contributed by atoms with Crippen molar-refractivity contribution in [3.63, 3.8) is 0 Å². The summed E-state index contributed by atoms with van der Waals surface area (Å²) in [4.78, 5) is 16.8. The molecule has 150 valence electrons. The number of hydrogen-bond acceptors (Lipinski definition) is 5. The van der Waals surface area contributed by atoms with Crippen molar-refractivity contribution in [3.05, 3.63) is 66.5 Å². The molecule has 8 nitrogen and oxygen atoms in total. The summed E-state index contributed by atoms with van der Waals surface area (Å²) in [5.74, 6) is 0.288. The third-order valence-corrected chi connectivity index (χ3v) is 5.21. The van der Waals surface area contributed by atoms with E-state index in [2.05, 4.69) is 40.3 Å². The number of hydrogen-bond donors (Lipinski definition) is 3. The van der Waals surface area contributed by atoms with Crippen molar-refractivity contribution in [2.24, 2.45) is 0 Å². The highest BCUT2D eigenvalue weighted by Gasteiger charge is 2.17. The van der Waals surface area contributed by atoms with Crippen LogP contribution < -0.4 is 0 Å². The van der Waals surface area contributed by atoms with Crippen LogP contribution in [0.2, 0.25) is 0 Å². The van der Waals surface area contributed by atoms with Gasteiger partial charge in [-0.15, -0.1) is 0 Å². The maximum Gasteiger partial charge on any atom is 0.178 e. The van der Waals surface area contributed by atoms with Crippen LogP contribution in [-0.4, -0.2) is 40.3 Å². The Labute approximate surface area is 174 Å². The van der Waals surface area contributed by atoms with Crippen molar-refractivity contribution in [2.45, 2.75) is 6.92 Å². The minimum atomic E-state index is -0.280. The Morgan fingerprint density at radius 3 is 2.77 bits per heavy atom. The predicted molar refractivity (Wildman–Crippen MR) is 114 cm³/mol. The molecule has 3 N–H and O–H groups in total. The number of halogens is 1. The normalized spacial score (nSPS) is 11.5. The highest BCUT2D eigenvalue weighted by molar-refractivity contribution is 5.96. The Kier molecular flexibility index (Phi) is 3.69. The van der Waals surface area contributed by atoms with Gasteiger partial charge in [-0.1, -0.05) is 6.07 Å². The second kappa shape index (κ2) is 6.56. The van der Waals surface area contributed by atoms with Gasteiger partial charge < -0.3 is 4.98 Å². The van der Waals surface area contributed by atoms with Gasteiger partial charge in [0.15, 0.2) is 11.5 Å². The first-order chi connectivity index (χ1) is 15.2. The molecule has 0 aliphatic carbocycles. The first kappa shape index (κ1) is 17.5. The predicted octanol–water partition coefficient (Wildman–Crippen LogP) is 4.40. The van der Waals surface area contributed by atoms with Gasteiger partial charge in [0.2, 0.25) is 0 Å². The van der Waals surface area contributed by atoms with E-state index in [4.69, 9.17) is 0 Å². The van der Waals surface area contributed by atoms with Crippen LogP contribution in [0.1, 0.15) is 5.56 Å². The molecule has 0 spiro atoms. The van der Waals surface area contributed by atoms with Gasteiger partial charge in [0.1, 0.15) is 11.5 Å². The molecule has 0 radical (unpaired) electrons. The molecule has 0 fully saturated rings. The van der Waals surface area contributed by atoms with Crippen molar-refractivity contribution in [3.8, 4) is 33.9 Å². The molecule has 0 atom stereocenters. The Morgan fingerprint density at radius 1 is 1.00 bits per heavy atom. The largest absolute Gasteiger partial charge is 0.335 e. The lowest BCUT2D eigenvalue weighted by molar-refractivity contribution is 0.627. The molecular formula is C22H15FN8. The lowest BCUT2D eigenvalue weighted by Gasteiger charge is -2.04. The molecule has 0 aliphatic heterocycles. The molecule has 6 aromatic rings. The second-order valence-electron chi connectivity index (χ2n) is 7.33. The van der Waals surface area contributed by atoms with E-state index in [9.17, 15) is 4.39 Å². The van der Waals surface area contributed by atoms with E-state index >= 15 is 0 Å². The van der Waals surface area contributed by atoms with Gasteiger partial charge in [-0.05, 0) is 42.3 Å². The van der Waals surface area contributed by atoms with Crippen LogP contribution in [0.15, 0.2) is 55.1 Å². The topological polar surface area (TPSA) is 112 Å². The Balaban J connectivity index is 1.53. The molecule has 5 aromatic heterocycles. The number of aryl methyl sites for hydroxylation is 1. The number of nitrogens with zero attached hydrogens (tertiary/aromatic N) is 5. The number of aromatic nitrogens is 8. The number of rotatable bonds is 3. The zero-order valence-electron chi connectivity index (χ0n) is 16.3. The Morgan fingerprint density at radius 2 is 1.94 bits per heavy atom. The average molecular weight is 410 g/mol. The smallest absolute Gasteiger partial charge is 0.178 e. The quantitative estimate of drug-likeness (QED) is 0.400. The SMILES string of the molecule is Cc1cc(F)cc(-c2ccnc3nc(-c4n[nH]c5cnc(-c6cn[nH]c6)cc45)[nH]c23)c1. The van der Waals surface area contributed by atoms with E-state index in [1.54, 1.807) is 24.8 Å². The summed E-state index contributed by atoms with van der Waals surface area (Å²) in [5.41, 5.74) is 6.79. The van der Waals surface area contributed by atoms with E-state index in [-0.39, 0.29) is 5.82 Å². The molecule has 5 heterocycles. The van der Waals surface area contributed by atoms with Crippen LogP contribution in [0, 0.1) is 12.7 Å². The molecule has 6 rings (SSSR count). The summed E-state index contributed by atoms with van der Waals surface area (Å²) in [6.07, 6.45) is 6.90. The van der Waals surface area contributed by atoms with Gasteiger partial charge in [0, 0.05) is 28.9 Å². The van der Waals surface area contributed by atoms with Crippen molar-refractivity contribution < 1.29 is 4.39 Å². The first-order valence-corrected chi connectivity index (χ1v) is 9.61. The summed E-state index contributed by atoms with van der Waals surface area (Å²) < 4.78 is 14.0. The van der Waals surface area contributed by atoms with Gasteiger partial charge in [0.25, 0.3) is 0 Å². The third kappa shape index (κ3) is 2.86. The number of benzene rings is 1. The van der Waals surface area contributed by atoms with E-state index < -0.39 is 0 Å². The molecule has 0 saturated carbocycles. The highest BCUT2D eigenvalue weighted by Crippen LogP contribution is 2.32. The molecule has 9 heteroatoms. The minimum Gasteiger partial charge on any atom is -0.335 e. The fourth-order valence-electron chi connectivity index (χ4n) is 3.80. The maximum absolute atomic E-state index is 14.0. The summed E-state index contributed by atoms with van der Waals surface area (Å²) in [6.45, 7) is 1.87. The minimum absolute atomic E-state index is 0.280. The van der Waals surface area contributed by atoms with Gasteiger partial charge in [-0.2, -0.15) is 10.2 Å². The fraction of sp³-hybridized carbons (Fsp3) is 0.0455. The number of fused-ring (bicyclic) bond motifs is 2. The number of aromatic amines is 3. The molecule has 0 saturated heterocycles. The van der Waals surface area contributed by atoms with Crippen LogP contribution in [0.25, 0.3) is 56.0 Å². The number of H-pyrrole nitrogens is 3. The van der Waals surface area contributed by atoms with Gasteiger partial charge in [-0.25, -0.2) is 14.4 Å². The molecule has 31 heavy (non-hydrogen) atoms. The molecular weight excluding hydrogens is 395 g/mol. The summed E-state index contributed by atoms with van der Waals surface area (Å²) in [6, 6.07) is 8.74. The van der Waals surface area contributed by atoms with Crippen LogP contribution in [0.4, 0.5) is 4.39 Å². The highest BCUT2D eigenvalue weighted by atomic mass is 19.1. The molecule has 0 amide bonds.